The fraction of sp³-hybridized carbons (Fsp3) is 0.926. The van der Waals surface area contributed by atoms with E-state index in [-0.39, 0.29) is 6.61 Å². The van der Waals surface area contributed by atoms with E-state index in [2.05, 4.69) is 24.6 Å². The van der Waals surface area contributed by atoms with Gasteiger partial charge in [-0.2, -0.15) is 16.8 Å². The Bertz CT molecular complexity index is 636. The van der Waals surface area contributed by atoms with E-state index in [9.17, 15) is 8.42 Å². The van der Waals surface area contributed by atoms with Crippen LogP contribution in [0.5, 0.6) is 0 Å². The van der Waals surface area contributed by atoms with Crippen LogP contribution < -0.4 is 0 Å². The summed E-state index contributed by atoms with van der Waals surface area (Å²) in [5.41, 5.74) is 0. The first-order valence-corrected chi connectivity index (χ1v) is 17.2. The lowest BCUT2D eigenvalue weighted by molar-refractivity contribution is 0.125. The molecule has 0 unspecified atom stereocenters. The molecule has 0 aliphatic heterocycles. The van der Waals surface area contributed by atoms with Gasteiger partial charge in [-0.3, -0.25) is 13.7 Å². The third kappa shape index (κ3) is 60.1. The first-order chi connectivity index (χ1) is 18.0. The minimum atomic E-state index is -4.67. The van der Waals surface area contributed by atoms with E-state index < -0.39 is 20.8 Å². The molecule has 11 heteroatoms. The van der Waals surface area contributed by atoms with Gasteiger partial charge in [0.25, 0.3) is 0 Å². The Morgan fingerprint density at radius 2 is 0.816 bits per heavy atom. The van der Waals surface area contributed by atoms with E-state index in [0.717, 1.165) is 13.2 Å². The Morgan fingerprint density at radius 3 is 1.03 bits per heavy atom. The average Bonchev–Trinajstić information content (AvgIpc) is 2.82. The first-order valence-electron chi connectivity index (χ1n) is 14.5. The quantitative estimate of drug-likeness (QED) is 0.0543. The van der Waals surface area contributed by atoms with Crippen molar-refractivity contribution in [2.75, 3.05) is 19.8 Å². The molecule has 0 aromatic carbocycles. The predicted molar refractivity (Wildman–Crippen MR) is 156 cm³/mol. The van der Waals surface area contributed by atoms with E-state index in [1.54, 1.807) is 0 Å². The van der Waals surface area contributed by atoms with Crippen LogP contribution in [0.4, 0.5) is 0 Å². The molecule has 0 aliphatic carbocycles. The zero-order valence-electron chi connectivity index (χ0n) is 24.2. The fourth-order valence-corrected chi connectivity index (χ4v) is 3.89. The van der Waals surface area contributed by atoms with Crippen LogP contribution in [0.3, 0.4) is 0 Å². The van der Waals surface area contributed by atoms with Gasteiger partial charge < -0.3 is 4.74 Å². The van der Waals surface area contributed by atoms with Crippen LogP contribution in [0.25, 0.3) is 0 Å². The molecule has 0 saturated carbocycles. The molecular formula is C27H58O9S2. The van der Waals surface area contributed by atoms with Crippen molar-refractivity contribution in [3.05, 3.63) is 12.7 Å². The largest absolute Gasteiger partial charge is 0.397 e. The third-order valence-corrected chi connectivity index (χ3v) is 6.05. The van der Waals surface area contributed by atoms with Gasteiger partial charge in [0.15, 0.2) is 0 Å². The molecule has 0 heterocycles. The van der Waals surface area contributed by atoms with Crippen molar-refractivity contribution in [1.82, 2.24) is 0 Å². The molecular weight excluding hydrogens is 532 g/mol. The van der Waals surface area contributed by atoms with Crippen LogP contribution >= 0.6 is 0 Å². The van der Waals surface area contributed by atoms with E-state index in [1.165, 1.54) is 134 Å². The molecule has 0 aromatic heterocycles. The Kier molecular flexibility index (Phi) is 36.0. The maximum absolute atomic E-state index is 9.68. The van der Waals surface area contributed by atoms with Gasteiger partial charge in [0, 0.05) is 13.2 Å². The second-order valence-corrected chi connectivity index (χ2v) is 11.4. The third-order valence-electron chi connectivity index (χ3n) is 5.62. The maximum Gasteiger partial charge on any atom is 0.397 e. The molecule has 0 aliphatic rings. The maximum atomic E-state index is 9.68. The standard InChI is InChI=1S/C24H50O.C3H6O4S.H2O4S/c1-3-5-7-9-11-13-15-17-19-21-23-25-24-22-20-18-16-14-12-10-8-6-4-2;1-2-3-7-8(4,5)6;1-5(2,3)4/h3-24H2,1-2H3;2H,1,3H2,(H,4,5,6);(H2,1,2,3,4). The average molecular weight is 591 g/mol. The van der Waals surface area contributed by atoms with Crippen molar-refractivity contribution in [3.63, 3.8) is 0 Å². The Morgan fingerprint density at radius 1 is 0.553 bits per heavy atom. The fourth-order valence-electron chi connectivity index (χ4n) is 3.62. The molecule has 38 heavy (non-hydrogen) atoms. The Hall–Kier alpha value is -0.560. The van der Waals surface area contributed by atoms with Crippen LogP contribution in [-0.4, -0.2) is 50.3 Å². The highest BCUT2D eigenvalue weighted by Crippen LogP contribution is 2.12. The van der Waals surface area contributed by atoms with E-state index in [1.807, 2.05) is 0 Å². The summed E-state index contributed by atoms with van der Waals surface area (Å²) in [6.07, 6.45) is 29.4. The number of hydrogen-bond acceptors (Lipinski definition) is 6. The second-order valence-electron chi connectivity index (χ2n) is 9.43. The van der Waals surface area contributed by atoms with Gasteiger partial charge in [-0.15, -0.1) is 6.58 Å². The second kappa shape index (κ2) is 32.7. The lowest BCUT2D eigenvalue weighted by atomic mass is 10.1. The minimum Gasteiger partial charge on any atom is -0.381 e. The summed E-state index contributed by atoms with van der Waals surface area (Å²) < 4.78 is 68.4. The van der Waals surface area contributed by atoms with Crippen LogP contribution in [0.15, 0.2) is 12.7 Å². The Balaban J connectivity index is -0.000000770. The van der Waals surface area contributed by atoms with E-state index in [0.29, 0.717) is 0 Å². The molecule has 0 rings (SSSR count). The lowest BCUT2D eigenvalue weighted by Crippen LogP contribution is -2.02. The monoisotopic (exact) mass is 590 g/mol. The van der Waals surface area contributed by atoms with Crippen LogP contribution in [0.1, 0.15) is 142 Å². The minimum absolute atomic E-state index is 0.196. The SMILES string of the molecule is C=CCOS(=O)(=O)O.CCCCCCCCCCCCOCCCCCCCCCCCC.O=S(=O)(O)O. The summed E-state index contributed by atoms with van der Waals surface area (Å²) in [5.74, 6) is 0. The van der Waals surface area contributed by atoms with Crippen molar-refractivity contribution in [2.45, 2.75) is 142 Å². The van der Waals surface area contributed by atoms with Gasteiger partial charge in [0.1, 0.15) is 0 Å². The molecule has 0 bridgehead atoms. The molecule has 0 aromatic rings. The topological polar surface area (TPSA) is 147 Å². The number of unbranched alkanes of at least 4 members (excludes halogenated alkanes) is 18. The van der Waals surface area contributed by atoms with Crippen molar-refractivity contribution in [3.8, 4) is 0 Å². The van der Waals surface area contributed by atoms with Gasteiger partial charge in [0.2, 0.25) is 0 Å². The smallest absolute Gasteiger partial charge is 0.381 e. The number of hydrogen-bond donors (Lipinski definition) is 3. The van der Waals surface area contributed by atoms with Gasteiger partial charge in [-0.25, -0.2) is 4.18 Å². The van der Waals surface area contributed by atoms with Crippen LogP contribution in [0.2, 0.25) is 0 Å². The van der Waals surface area contributed by atoms with E-state index >= 15 is 0 Å². The van der Waals surface area contributed by atoms with Crippen LogP contribution in [-0.2, 0) is 29.7 Å². The van der Waals surface area contributed by atoms with Crippen molar-refractivity contribution < 1.29 is 39.4 Å². The molecule has 3 N–H and O–H groups in total. The summed E-state index contributed by atoms with van der Waals surface area (Å²) in [6, 6.07) is 0. The van der Waals surface area contributed by atoms with Crippen LogP contribution in [0, 0.1) is 0 Å². The predicted octanol–water partition coefficient (Wildman–Crippen LogP) is 8.18. The molecule has 9 nitrogen and oxygen atoms in total. The van der Waals surface area contributed by atoms with Gasteiger partial charge in [-0.05, 0) is 12.8 Å². The summed E-state index contributed by atoms with van der Waals surface area (Å²) >= 11 is 0. The van der Waals surface area contributed by atoms with E-state index in [4.69, 9.17) is 26.8 Å². The highest BCUT2D eigenvalue weighted by molar-refractivity contribution is 7.80. The van der Waals surface area contributed by atoms with Gasteiger partial charge >= 0.3 is 20.8 Å². The van der Waals surface area contributed by atoms with Crippen molar-refractivity contribution in [1.29, 1.82) is 0 Å². The lowest BCUT2D eigenvalue weighted by Gasteiger charge is -2.05. The zero-order valence-corrected chi connectivity index (χ0v) is 25.8. The van der Waals surface area contributed by atoms with Crippen molar-refractivity contribution in [2.24, 2.45) is 0 Å². The van der Waals surface area contributed by atoms with Gasteiger partial charge in [-0.1, -0.05) is 135 Å². The Labute approximate surface area is 234 Å². The number of ether oxygens (including phenoxy) is 1. The molecule has 232 valence electrons. The zero-order chi connectivity index (χ0) is 29.4. The first kappa shape index (κ1) is 41.9. The summed E-state index contributed by atoms with van der Waals surface area (Å²) in [6.45, 7) is 9.54. The molecule has 0 atom stereocenters. The molecule has 0 saturated heterocycles. The molecule has 0 fully saturated rings. The summed E-state index contributed by atoms with van der Waals surface area (Å²) in [5, 5.41) is 0. The highest BCUT2D eigenvalue weighted by Gasteiger charge is 1.99. The normalized spacial score (nSPS) is 11.3. The summed E-state index contributed by atoms with van der Waals surface area (Å²) in [4.78, 5) is 0. The molecule has 0 radical (unpaired) electrons. The van der Waals surface area contributed by atoms with Crippen molar-refractivity contribution >= 4 is 20.8 Å². The summed E-state index contributed by atoms with van der Waals surface area (Å²) in [7, 11) is -8.92. The number of rotatable bonds is 25. The molecule has 0 amide bonds. The molecule has 0 spiro atoms. The highest BCUT2D eigenvalue weighted by atomic mass is 32.3. The van der Waals surface area contributed by atoms with Gasteiger partial charge in [0.05, 0.1) is 6.61 Å².